The summed E-state index contributed by atoms with van der Waals surface area (Å²) >= 11 is 0. The summed E-state index contributed by atoms with van der Waals surface area (Å²) in [6.07, 6.45) is 1.70. The van der Waals surface area contributed by atoms with E-state index in [2.05, 4.69) is 26.3 Å². The predicted octanol–water partition coefficient (Wildman–Crippen LogP) is 2.28. The number of likely N-dealkylation sites (N-methyl/N-ethyl adjacent to an activating group) is 1. The summed E-state index contributed by atoms with van der Waals surface area (Å²) in [5, 5.41) is 12.8. The average molecular weight is 331 g/mol. The Morgan fingerprint density at radius 3 is 2.80 bits per heavy atom. The molecule has 3 aromatic heterocycles. The summed E-state index contributed by atoms with van der Waals surface area (Å²) in [5.41, 5.74) is 4.21. The monoisotopic (exact) mass is 331 g/mol. The van der Waals surface area contributed by atoms with Gasteiger partial charge < -0.3 is 10.2 Å². The topological polar surface area (TPSA) is 82.1 Å². The summed E-state index contributed by atoms with van der Waals surface area (Å²) in [5.74, 6) is 0.707. The number of hydrogen-bond acceptors (Lipinski definition) is 6. The van der Waals surface area contributed by atoms with Gasteiger partial charge in [-0.1, -0.05) is 12.1 Å². The van der Waals surface area contributed by atoms with Gasteiger partial charge in [0.15, 0.2) is 11.3 Å². The second-order valence-electron chi connectivity index (χ2n) is 6.12. The summed E-state index contributed by atoms with van der Waals surface area (Å²) in [4.78, 5) is 15.9. The molecule has 124 valence electrons. The van der Waals surface area contributed by atoms with Crippen molar-refractivity contribution in [3.63, 3.8) is 0 Å². The number of nitrogens with zero attached hydrogens (tertiary/aromatic N) is 6. The van der Waals surface area contributed by atoms with Gasteiger partial charge in [-0.25, -0.2) is 15.0 Å². The van der Waals surface area contributed by atoms with Crippen LogP contribution in [0.5, 0.6) is 0 Å². The Morgan fingerprint density at radius 1 is 1.16 bits per heavy atom. The van der Waals surface area contributed by atoms with Gasteiger partial charge in [0.05, 0.1) is 22.8 Å². The lowest BCUT2D eigenvalue weighted by atomic mass is 10.2. The van der Waals surface area contributed by atoms with E-state index in [0.717, 1.165) is 24.1 Å². The fraction of sp³-hybridized carbons (Fsp3) is 0.222. The zero-order chi connectivity index (χ0) is 17.4. The van der Waals surface area contributed by atoms with Gasteiger partial charge in [-0.2, -0.15) is 5.26 Å². The minimum absolute atomic E-state index is 0.492. The Morgan fingerprint density at radius 2 is 2.00 bits per heavy atom. The van der Waals surface area contributed by atoms with Crippen LogP contribution < -0.4 is 5.32 Å². The van der Waals surface area contributed by atoms with E-state index in [1.807, 2.05) is 42.8 Å². The smallest absolute Gasteiger partial charge is 0.167 e. The zero-order valence-corrected chi connectivity index (χ0v) is 14.1. The highest BCUT2D eigenvalue weighted by atomic mass is 15.1. The fourth-order valence-corrected chi connectivity index (χ4v) is 2.85. The Bertz CT molecular complexity index is 1120. The molecule has 1 aromatic carbocycles. The number of imidazole rings is 1. The normalized spacial score (nSPS) is 11.4. The van der Waals surface area contributed by atoms with Gasteiger partial charge in [0.1, 0.15) is 17.4 Å². The third kappa shape index (κ3) is 2.62. The Labute approximate surface area is 144 Å². The maximum atomic E-state index is 9.47. The zero-order valence-electron chi connectivity index (χ0n) is 14.1. The molecule has 25 heavy (non-hydrogen) atoms. The van der Waals surface area contributed by atoms with Crippen molar-refractivity contribution in [2.24, 2.45) is 0 Å². The van der Waals surface area contributed by atoms with E-state index >= 15 is 0 Å². The quantitative estimate of drug-likeness (QED) is 0.618. The van der Waals surface area contributed by atoms with Crippen LogP contribution in [0.1, 0.15) is 5.56 Å². The molecule has 0 spiro atoms. The van der Waals surface area contributed by atoms with Crippen LogP contribution in [0, 0.1) is 11.3 Å². The molecule has 0 unspecified atom stereocenters. The van der Waals surface area contributed by atoms with Crippen LogP contribution in [0.4, 0.5) is 5.82 Å². The number of nitriles is 1. The van der Waals surface area contributed by atoms with E-state index in [0.29, 0.717) is 28.2 Å². The number of benzene rings is 1. The summed E-state index contributed by atoms with van der Waals surface area (Å²) < 4.78 is 1.91. The molecule has 0 aliphatic carbocycles. The lowest BCUT2D eigenvalue weighted by Gasteiger charge is -2.11. The molecule has 0 aliphatic heterocycles. The van der Waals surface area contributed by atoms with E-state index in [-0.39, 0.29) is 0 Å². The Balaban J connectivity index is 1.94. The van der Waals surface area contributed by atoms with Gasteiger partial charge in [0.2, 0.25) is 0 Å². The van der Waals surface area contributed by atoms with E-state index in [4.69, 9.17) is 4.98 Å². The van der Waals surface area contributed by atoms with E-state index < -0.39 is 0 Å². The maximum absolute atomic E-state index is 9.47. The largest absolute Gasteiger partial charge is 0.367 e. The van der Waals surface area contributed by atoms with E-state index in [9.17, 15) is 5.26 Å². The molecule has 0 saturated carbocycles. The first kappa shape index (κ1) is 15.3. The van der Waals surface area contributed by atoms with Crippen LogP contribution in [-0.4, -0.2) is 51.4 Å². The molecule has 3 heterocycles. The van der Waals surface area contributed by atoms with Crippen LogP contribution in [0.25, 0.3) is 27.8 Å². The molecule has 0 bridgehead atoms. The lowest BCUT2D eigenvalue weighted by Crippen LogP contribution is -2.21. The van der Waals surface area contributed by atoms with E-state index in [1.54, 1.807) is 12.3 Å². The van der Waals surface area contributed by atoms with Crippen LogP contribution in [0.2, 0.25) is 0 Å². The summed E-state index contributed by atoms with van der Waals surface area (Å²) in [6, 6.07) is 11.7. The predicted molar refractivity (Wildman–Crippen MR) is 97.6 cm³/mol. The van der Waals surface area contributed by atoms with E-state index in [1.165, 1.54) is 0 Å². The standard InChI is InChI=1S/C18H17N7/c1-24(2)8-7-20-16-11-21-14-9-12(10-19)17-22-13-5-3-4-6-15(13)25(17)18(14)23-16/h3-6,9,11H,7-8H2,1-2H3,(H,20,23). The van der Waals surface area contributed by atoms with Gasteiger partial charge in [-0.15, -0.1) is 0 Å². The minimum atomic E-state index is 0.492. The Hall–Kier alpha value is -3.24. The van der Waals surface area contributed by atoms with Crippen molar-refractivity contribution in [1.29, 1.82) is 5.26 Å². The first-order valence-corrected chi connectivity index (χ1v) is 8.03. The lowest BCUT2D eigenvalue weighted by molar-refractivity contribution is 0.425. The number of pyridine rings is 1. The van der Waals surface area contributed by atoms with Crippen LogP contribution in [0.3, 0.4) is 0 Å². The van der Waals surface area contributed by atoms with Gasteiger partial charge in [0.25, 0.3) is 0 Å². The number of para-hydroxylation sites is 2. The molecular weight excluding hydrogens is 314 g/mol. The van der Waals surface area contributed by atoms with Crippen molar-refractivity contribution in [3.05, 3.63) is 42.1 Å². The molecule has 7 heteroatoms. The fourth-order valence-electron chi connectivity index (χ4n) is 2.85. The molecule has 4 aromatic rings. The van der Waals surface area contributed by atoms with Crippen molar-refractivity contribution in [3.8, 4) is 6.07 Å². The summed E-state index contributed by atoms with van der Waals surface area (Å²) in [6.45, 7) is 1.67. The summed E-state index contributed by atoms with van der Waals surface area (Å²) in [7, 11) is 4.05. The number of rotatable bonds is 4. The number of hydrogen-bond donors (Lipinski definition) is 1. The van der Waals surface area contributed by atoms with Gasteiger partial charge in [0, 0.05) is 13.1 Å². The molecular formula is C18H17N7. The van der Waals surface area contributed by atoms with Crippen molar-refractivity contribution >= 4 is 33.7 Å². The highest BCUT2D eigenvalue weighted by molar-refractivity contribution is 5.90. The van der Waals surface area contributed by atoms with Gasteiger partial charge in [-0.05, 0) is 32.3 Å². The maximum Gasteiger partial charge on any atom is 0.167 e. The highest BCUT2D eigenvalue weighted by Crippen LogP contribution is 2.24. The van der Waals surface area contributed by atoms with Crippen molar-refractivity contribution in [2.75, 3.05) is 32.5 Å². The number of fused-ring (bicyclic) bond motifs is 5. The second-order valence-corrected chi connectivity index (χ2v) is 6.12. The Kier molecular flexibility index (Phi) is 3.67. The SMILES string of the molecule is CN(C)CCNc1cnc2cc(C#N)c3nc4ccccc4n3c2n1. The molecule has 0 radical (unpaired) electrons. The number of aromatic nitrogens is 4. The third-order valence-corrected chi connectivity index (χ3v) is 4.06. The molecule has 0 atom stereocenters. The molecule has 1 N–H and O–H groups in total. The highest BCUT2D eigenvalue weighted by Gasteiger charge is 2.14. The van der Waals surface area contributed by atoms with Gasteiger partial charge in [-0.3, -0.25) is 4.40 Å². The third-order valence-electron chi connectivity index (χ3n) is 4.06. The van der Waals surface area contributed by atoms with Crippen molar-refractivity contribution < 1.29 is 0 Å². The minimum Gasteiger partial charge on any atom is -0.367 e. The van der Waals surface area contributed by atoms with Crippen LogP contribution >= 0.6 is 0 Å². The first-order valence-electron chi connectivity index (χ1n) is 8.03. The molecule has 4 rings (SSSR count). The molecule has 0 saturated heterocycles. The molecule has 7 nitrogen and oxygen atoms in total. The van der Waals surface area contributed by atoms with Crippen LogP contribution in [-0.2, 0) is 0 Å². The van der Waals surface area contributed by atoms with Gasteiger partial charge >= 0.3 is 0 Å². The second kappa shape index (κ2) is 6.00. The number of anilines is 1. The average Bonchev–Trinajstić information content (AvgIpc) is 3.00. The number of nitrogens with one attached hydrogen (secondary N) is 1. The van der Waals surface area contributed by atoms with Crippen molar-refractivity contribution in [1.82, 2.24) is 24.3 Å². The molecule has 0 amide bonds. The van der Waals surface area contributed by atoms with Crippen molar-refractivity contribution in [2.45, 2.75) is 0 Å². The molecule has 0 aliphatic rings. The van der Waals surface area contributed by atoms with Crippen LogP contribution in [0.15, 0.2) is 36.5 Å². The molecule has 0 fully saturated rings. The first-order chi connectivity index (χ1) is 12.2.